The fourth-order valence-electron chi connectivity index (χ4n) is 4.19. The first-order valence-electron chi connectivity index (χ1n) is 10.4. The van der Waals surface area contributed by atoms with Gasteiger partial charge in [-0.25, -0.2) is 4.98 Å². The second-order valence-electron chi connectivity index (χ2n) is 7.76. The molecule has 2 aromatic heterocycles. The maximum atomic E-state index is 12.6. The summed E-state index contributed by atoms with van der Waals surface area (Å²) in [5.41, 5.74) is 4.01. The number of hydrogen-bond donors (Lipinski definition) is 3. The van der Waals surface area contributed by atoms with E-state index in [0.29, 0.717) is 17.1 Å². The van der Waals surface area contributed by atoms with Crippen molar-refractivity contribution in [3.05, 3.63) is 88.8 Å². The lowest BCUT2D eigenvalue weighted by atomic mass is 9.90. The van der Waals surface area contributed by atoms with Crippen LogP contribution in [0, 0.1) is 0 Å². The molecule has 0 bridgehead atoms. The minimum Gasteiger partial charge on any atom is -0.340 e. The van der Waals surface area contributed by atoms with Gasteiger partial charge < -0.3 is 15.6 Å². The van der Waals surface area contributed by atoms with Gasteiger partial charge in [-0.05, 0) is 67.1 Å². The van der Waals surface area contributed by atoms with Crippen LogP contribution in [0.4, 0.5) is 11.5 Å². The van der Waals surface area contributed by atoms with Crippen LogP contribution >= 0.6 is 0 Å². The van der Waals surface area contributed by atoms with Gasteiger partial charge in [0.2, 0.25) is 0 Å². The number of anilines is 2. The van der Waals surface area contributed by atoms with Crippen LogP contribution in [0.2, 0.25) is 0 Å². The number of rotatable bonds is 4. The molecule has 1 aliphatic rings. The molecule has 4 aromatic rings. The van der Waals surface area contributed by atoms with E-state index in [4.69, 9.17) is 4.98 Å². The number of fused-ring (bicyclic) bond motifs is 1. The largest absolute Gasteiger partial charge is 0.340 e. The summed E-state index contributed by atoms with van der Waals surface area (Å²) in [5.74, 6) is 1.19. The van der Waals surface area contributed by atoms with Crippen LogP contribution in [-0.2, 0) is 0 Å². The molecule has 0 atom stereocenters. The summed E-state index contributed by atoms with van der Waals surface area (Å²) >= 11 is 0. The number of nitrogens with zero attached hydrogens (tertiary/aromatic N) is 1. The van der Waals surface area contributed by atoms with Gasteiger partial charge in [0.25, 0.3) is 5.56 Å². The fourth-order valence-corrected chi connectivity index (χ4v) is 4.19. The number of aromatic amines is 1. The van der Waals surface area contributed by atoms with E-state index in [-0.39, 0.29) is 5.56 Å². The van der Waals surface area contributed by atoms with Crippen LogP contribution in [0.1, 0.15) is 24.3 Å². The Bertz CT molecular complexity index is 1210. The molecule has 0 radical (unpaired) electrons. The maximum absolute atomic E-state index is 12.6. The second-order valence-corrected chi connectivity index (χ2v) is 7.76. The van der Waals surface area contributed by atoms with Gasteiger partial charge in [-0.15, -0.1) is 0 Å². The van der Waals surface area contributed by atoms with E-state index in [1.165, 1.54) is 18.4 Å². The number of H-pyrrole nitrogens is 1. The number of benzene rings is 2. The summed E-state index contributed by atoms with van der Waals surface area (Å²) in [7, 11) is 0. The molecule has 0 unspecified atom stereocenters. The van der Waals surface area contributed by atoms with Crippen molar-refractivity contribution in [3.8, 4) is 11.3 Å². The van der Waals surface area contributed by atoms with Crippen molar-refractivity contribution in [2.24, 2.45) is 0 Å². The molecule has 0 amide bonds. The average Bonchev–Trinajstić information content (AvgIpc) is 2.81. The second kappa shape index (κ2) is 8.13. The molecule has 1 saturated heterocycles. The molecule has 5 nitrogen and oxygen atoms in total. The Balaban J connectivity index is 1.52. The zero-order valence-electron chi connectivity index (χ0n) is 16.7. The molecule has 2 aromatic carbocycles. The minimum atomic E-state index is -0.145. The highest BCUT2D eigenvalue weighted by molar-refractivity contribution is 5.95. The molecule has 3 N–H and O–H groups in total. The number of hydrogen-bond acceptors (Lipinski definition) is 4. The van der Waals surface area contributed by atoms with E-state index in [9.17, 15) is 4.79 Å². The molecular formula is C25H24N4O. The van der Waals surface area contributed by atoms with Gasteiger partial charge in [-0.1, -0.05) is 42.5 Å². The molecule has 150 valence electrons. The predicted octanol–water partition coefficient (Wildman–Crippen LogP) is 4.80. The van der Waals surface area contributed by atoms with Gasteiger partial charge in [-0.3, -0.25) is 4.79 Å². The van der Waals surface area contributed by atoms with E-state index < -0.39 is 0 Å². The SMILES string of the molecule is O=c1[nH]ccc2cc(-c3ccccc3)nc(Nc3ccc(C4CCNCC4)cc3)c12. The summed E-state index contributed by atoms with van der Waals surface area (Å²) in [4.78, 5) is 20.1. The Morgan fingerprint density at radius 1 is 0.933 bits per heavy atom. The number of piperidine rings is 1. The third-order valence-electron chi connectivity index (χ3n) is 5.81. The normalized spacial score (nSPS) is 14.7. The Hall–Kier alpha value is -3.44. The molecule has 30 heavy (non-hydrogen) atoms. The van der Waals surface area contributed by atoms with Gasteiger partial charge >= 0.3 is 0 Å². The fraction of sp³-hybridized carbons (Fsp3) is 0.200. The topological polar surface area (TPSA) is 69.8 Å². The lowest BCUT2D eigenvalue weighted by Crippen LogP contribution is -2.26. The molecule has 0 saturated carbocycles. The lowest BCUT2D eigenvalue weighted by molar-refractivity contribution is 0.460. The van der Waals surface area contributed by atoms with Crippen LogP contribution in [0.5, 0.6) is 0 Å². The minimum absolute atomic E-state index is 0.145. The Morgan fingerprint density at radius 3 is 2.47 bits per heavy atom. The molecule has 3 heterocycles. The smallest absolute Gasteiger partial charge is 0.259 e. The molecular weight excluding hydrogens is 372 g/mol. The van der Waals surface area contributed by atoms with Crippen molar-refractivity contribution in [2.75, 3.05) is 18.4 Å². The first kappa shape index (κ1) is 18.6. The van der Waals surface area contributed by atoms with Crippen LogP contribution in [0.3, 0.4) is 0 Å². The highest BCUT2D eigenvalue weighted by Gasteiger charge is 2.15. The van der Waals surface area contributed by atoms with Crippen LogP contribution < -0.4 is 16.2 Å². The summed E-state index contributed by atoms with van der Waals surface area (Å²) in [6, 6.07) is 22.4. The van der Waals surface area contributed by atoms with Gasteiger partial charge in [0.15, 0.2) is 0 Å². The van der Waals surface area contributed by atoms with Crippen LogP contribution in [0.15, 0.2) is 77.7 Å². The van der Waals surface area contributed by atoms with Gasteiger partial charge in [0, 0.05) is 17.4 Å². The highest BCUT2D eigenvalue weighted by Crippen LogP contribution is 2.30. The van der Waals surface area contributed by atoms with E-state index >= 15 is 0 Å². The predicted molar refractivity (Wildman–Crippen MR) is 122 cm³/mol. The summed E-state index contributed by atoms with van der Waals surface area (Å²) in [5, 5.41) is 8.23. The van der Waals surface area contributed by atoms with Crippen molar-refractivity contribution in [2.45, 2.75) is 18.8 Å². The maximum Gasteiger partial charge on any atom is 0.259 e. The third kappa shape index (κ3) is 3.72. The Labute approximate surface area is 175 Å². The molecule has 5 rings (SSSR count). The summed E-state index contributed by atoms with van der Waals surface area (Å²) in [6.45, 7) is 2.16. The Morgan fingerprint density at radius 2 is 1.70 bits per heavy atom. The van der Waals surface area contributed by atoms with Crippen molar-refractivity contribution >= 4 is 22.3 Å². The van der Waals surface area contributed by atoms with Gasteiger partial charge in [-0.2, -0.15) is 0 Å². The average molecular weight is 396 g/mol. The van der Waals surface area contributed by atoms with Gasteiger partial charge in [0.1, 0.15) is 5.82 Å². The third-order valence-corrected chi connectivity index (χ3v) is 5.81. The first-order chi connectivity index (χ1) is 14.8. The van der Waals surface area contributed by atoms with Crippen molar-refractivity contribution in [1.29, 1.82) is 0 Å². The van der Waals surface area contributed by atoms with Gasteiger partial charge in [0.05, 0.1) is 11.1 Å². The number of pyridine rings is 2. The van der Waals surface area contributed by atoms with E-state index in [2.05, 4.69) is 39.9 Å². The molecule has 1 aliphatic heterocycles. The van der Waals surface area contributed by atoms with E-state index in [1.54, 1.807) is 6.20 Å². The van der Waals surface area contributed by atoms with Crippen LogP contribution in [-0.4, -0.2) is 23.1 Å². The first-order valence-corrected chi connectivity index (χ1v) is 10.4. The monoisotopic (exact) mass is 396 g/mol. The molecule has 1 fully saturated rings. The van der Waals surface area contributed by atoms with Crippen LogP contribution in [0.25, 0.3) is 22.0 Å². The van der Waals surface area contributed by atoms with Crippen molar-refractivity contribution in [3.63, 3.8) is 0 Å². The summed E-state index contributed by atoms with van der Waals surface area (Å²) in [6.07, 6.45) is 4.03. The van der Waals surface area contributed by atoms with Crippen molar-refractivity contribution < 1.29 is 0 Å². The van der Waals surface area contributed by atoms with E-state index in [1.807, 2.05) is 42.5 Å². The zero-order chi connectivity index (χ0) is 20.3. The molecule has 0 aliphatic carbocycles. The number of nitrogens with one attached hydrogen (secondary N) is 3. The lowest BCUT2D eigenvalue weighted by Gasteiger charge is -2.23. The van der Waals surface area contributed by atoms with E-state index in [0.717, 1.165) is 35.4 Å². The zero-order valence-corrected chi connectivity index (χ0v) is 16.7. The molecule has 5 heteroatoms. The summed E-state index contributed by atoms with van der Waals surface area (Å²) < 4.78 is 0. The standard InChI is InChI=1S/C25H24N4O/c30-25-23-20(12-15-27-25)16-22(19-4-2-1-3-5-19)29-24(23)28-21-8-6-17(7-9-21)18-10-13-26-14-11-18/h1-9,12,15-16,18,26H,10-11,13-14H2,(H,27,30)(H,28,29). The quantitative estimate of drug-likeness (QED) is 0.463. The Kier molecular flexibility index (Phi) is 5.03. The van der Waals surface area contributed by atoms with Crippen molar-refractivity contribution in [1.82, 2.24) is 15.3 Å². The molecule has 0 spiro atoms. The highest BCUT2D eigenvalue weighted by atomic mass is 16.1. The number of aromatic nitrogens is 2.